The molecule has 0 heterocycles. The zero-order valence-electron chi connectivity index (χ0n) is 40.2. The highest BCUT2D eigenvalue weighted by Gasteiger charge is 2.19. The molecule has 6 heteroatoms. The number of hydrogen-bond donors (Lipinski definition) is 0. The van der Waals surface area contributed by atoms with Crippen molar-refractivity contribution in [2.45, 2.75) is 290 Å². The number of rotatable bonds is 48. The van der Waals surface area contributed by atoms with Gasteiger partial charge in [-0.1, -0.05) is 251 Å². The van der Waals surface area contributed by atoms with Crippen molar-refractivity contribution >= 4 is 17.9 Å². The molecular weight excluding hydrogens is 745 g/mol. The van der Waals surface area contributed by atoms with Gasteiger partial charge in [-0.3, -0.25) is 14.4 Å². The Bertz CT molecular complexity index is 973. The third kappa shape index (κ3) is 46.9. The van der Waals surface area contributed by atoms with Crippen LogP contribution in [0.2, 0.25) is 0 Å². The standard InChI is InChI=1S/C54H100O6/c1-4-7-10-13-16-19-22-24-25-26-27-28-29-30-33-35-38-41-44-47-53(56)59-50-51(49-58-52(55)46-43-40-37-34-31-21-18-15-12-9-6-3)60-54(57)48-45-42-39-36-32-23-20-17-14-11-8-5-2/h15,18,21,31,51H,4-14,16-17,19-20,22-30,32-50H2,1-3H3/b18-15-,31-21-. The van der Waals surface area contributed by atoms with Gasteiger partial charge >= 0.3 is 17.9 Å². The number of carbonyl (C=O) groups is 3. The molecule has 0 aromatic carbocycles. The average molecular weight is 845 g/mol. The van der Waals surface area contributed by atoms with Gasteiger partial charge in [0.05, 0.1) is 0 Å². The second-order valence-electron chi connectivity index (χ2n) is 17.8. The van der Waals surface area contributed by atoms with Gasteiger partial charge in [0.15, 0.2) is 6.10 Å². The largest absolute Gasteiger partial charge is 0.462 e. The van der Waals surface area contributed by atoms with E-state index in [-0.39, 0.29) is 31.1 Å². The van der Waals surface area contributed by atoms with Crippen LogP contribution in [0.15, 0.2) is 24.3 Å². The summed E-state index contributed by atoms with van der Waals surface area (Å²) in [6.45, 7) is 6.59. The summed E-state index contributed by atoms with van der Waals surface area (Å²) in [5.41, 5.74) is 0. The van der Waals surface area contributed by atoms with E-state index in [4.69, 9.17) is 14.2 Å². The highest BCUT2D eigenvalue weighted by molar-refractivity contribution is 5.71. The Kier molecular flexibility index (Phi) is 47.8. The minimum atomic E-state index is -0.775. The number of ether oxygens (including phenoxy) is 3. The van der Waals surface area contributed by atoms with Gasteiger partial charge in [-0.15, -0.1) is 0 Å². The third-order valence-corrected chi connectivity index (χ3v) is 11.7. The average Bonchev–Trinajstić information content (AvgIpc) is 3.24. The molecule has 0 aromatic rings. The van der Waals surface area contributed by atoms with Crippen molar-refractivity contribution in [3.63, 3.8) is 0 Å². The lowest BCUT2D eigenvalue weighted by Gasteiger charge is -2.18. The summed E-state index contributed by atoms with van der Waals surface area (Å²) in [6.07, 6.45) is 56.0. The molecule has 1 unspecified atom stereocenters. The maximum Gasteiger partial charge on any atom is 0.306 e. The second-order valence-corrected chi connectivity index (χ2v) is 17.8. The van der Waals surface area contributed by atoms with Gasteiger partial charge in [-0.25, -0.2) is 0 Å². The van der Waals surface area contributed by atoms with E-state index in [0.29, 0.717) is 19.3 Å². The van der Waals surface area contributed by atoms with Crippen LogP contribution in [-0.4, -0.2) is 37.2 Å². The Morgan fingerprint density at radius 2 is 0.600 bits per heavy atom. The summed E-state index contributed by atoms with van der Waals surface area (Å²) in [5.74, 6) is -0.890. The molecular formula is C54H100O6. The van der Waals surface area contributed by atoms with E-state index in [1.165, 1.54) is 173 Å². The van der Waals surface area contributed by atoms with Gasteiger partial charge in [0.2, 0.25) is 0 Å². The molecule has 0 amide bonds. The minimum absolute atomic E-state index is 0.0748. The summed E-state index contributed by atoms with van der Waals surface area (Å²) in [4.78, 5) is 37.9. The smallest absolute Gasteiger partial charge is 0.306 e. The highest BCUT2D eigenvalue weighted by Crippen LogP contribution is 2.16. The quantitative estimate of drug-likeness (QED) is 0.0263. The van der Waals surface area contributed by atoms with Crippen molar-refractivity contribution in [3.05, 3.63) is 24.3 Å². The molecule has 0 spiro atoms. The molecule has 6 nitrogen and oxygen atoms in total. The molecule has 0 saturated heterocycles. The Hall–Kier alpha value is -2.11. The van der Waals surface area contributed by atoms with Crippen LogP contribution in [0.25, 0.3) is 0 Å². The summed E-state index contributed by atoms with van der Waals surface area (Å²) in [7, 11) is 0. The number of carbonyl (C=O) groups excluding carboxylic acids is 3. The van der Waals surface area contributed by atoms with Crippen molar-refractivity contribution < 1.29 is 28.6 Å². The molecule has 0 rings (SSSR count). The first-order valence-corrected chi connectivity index (χ1v) is 26.4. The molecule has 0 saturated carbocycles. The van der Waals surface area contributed by atoms with E-state index >= 15 is 0 Å². The van der Waals surface area contributed by atoms with E-state index in [9.17, 15) is 14.4 Å². The predicted molar refractivity (Wildman–Crippen MR) is 256 cm³/mol. The Labute approximate surface area is 373 Å². The van der Waals surface area contributed by atoms with Gasteiger partial charge < -0.3 is 14.2 Å². The van der Waals surface area contributed by atoms with Gasteiger partial charge in [0, 0.05) is 19.3 Å². The van der Waals surface area contributed by atoms with Crippen LogP contribution in [0.3, 0.4) is 0 Å². The SMILES string of the molecule is CCCC/C=C\C=C/CCCCCC(=O)OCC(COC(=O)CCCCCCCCCCCCCCCCCCCCC)OC(=O)CCCCCCCCCCCCCC. The Balaban J connectivity index is 4.27. The van der Waals surface area contributed by atoms with Crippen LogP contribution in [-0.2, 0) is 28.6 Å². The number of allylic oxidation sites excluding steroid dienone is 4. The fraction of sp³-hybridized carbons (Fsp3) is 0.870. The zero-order chi connectivity index (χ0) is 43.7. The van der Waals surface area contributed by atoms with E-state index in [2.05, 4.69) is 45.1 Å². The van der Waals surface area contributed by atoms with Crippen molar-refractivity contribution in [1.29, 1.82) is 0 Å². The summed E-state index contributed by atoms with van der Waals surface area (Å²) in [6, 6.07) is 0. The molecule has 60 heavy (non-hydrogen) atoms. The van der Waals surface area contributed by atoms with E-state index in [0.717, 1.165) is 70.6 Å². The van der Waals surface area contributed by atoms with E-state index < -0.39 is 6.10 Å². The van der Waals surface area contributed by atoms with Crippen LogP contribution < -0.4 is 0 Å². The summed E-state index contributed by atoms with van der Waals surface area (Å²) >= 11 is 0. The van der Waals surface area contributed by atoms with Crippen LogP contribution >= 0.6 is 0 Å². The minimum Gasteiger partial charge on any atom is -0.462 e. The van der Waals surface area contributed by atoms with Gasteiger partial charge in [0.25, 0.3) is 0 Å². The molecule has 0 N–H and O–H groups in total. The first-order valence-electron chi connectivity index (χ1n) is 26.4. The number of hydrogen-bond acceptors (Lipinski definition) is 6. The predicted octanol–water partition coefficient (Wildman–Crippen LogP) is 17.2. The molecule has 0 radical (unpaired) electrons. The monoisotopic (exact) mass is 845 g/mol. The van der Waals surface area contributed by atoms with Gasteiger partial charge in [-0.2, -0.15) is 0 Å². The third-order valence-electron chi connectivity index (χ3n) is 11.7. The molecule has 0 aliphatic carbocycles. The highest BCUT2D eigenvalue weighted by atomic mass is 16.6. The molecule has 0 aromatic heterocycles. The molecule has 352 valence electrons. The molecule has 0 bridgehead atoms. The normalized spacial score (nSPS) is 12.1. The second kappa shape index (κ2) is 49.5. The van der Waals surface area contributed by atoms with Crippen molar-refractivity contribution in [2.75, 3.05) is 13.2 Å². The summed E-state index contributed by atoms with van der Waals surface area (Å²) in [5, 5.41) is 0. The lowest BCUT2D eigenvalue weighted by atomic mass is 10.0. The van der Waals surface area contributed by atoms with Crippen LogP contribution in [0.4, 0.5) is 0 Å². The molecule has 0 fully saturated rings. The Morgan fingerprint density at radius 1 is 0.333 bits per heavy atom. The fourth-order valence-corrected chi connectivity index (χ4v) is 7.72. The molecule has 0 aliphatic heterocycles. The van der Waals surface area contributed by atoms with E-state index in [1.54, 1.807) is 0 Å². The maximum absolute atomic E-state index is 12.8. The first-order chi connectivity index (χ1) is 29.5. The summed E-state index contributed by atoms with van der Waals surface area (Å²) < 4.78 is 16.8. The van der Waals surface area contributed by atoms with Crippen molar-refractivity contribution in [3.8, 4) is 0 Å². The van der Waals surface area contributed by atoms with Crippen LogP contribution in [0.5, 0.6) is 0 Å². The lowest BCUT2D eigenvalue weighted by Crippen LogP contribution is -2.30. The topological polar surface area (TPSA) is 78.9 Å². The lowest BCUT2D eigenvalue weighted by molar-refractivity contribution is -0.167. The fourth-order valence-electron chi connectivity index (χ4n) is 7.72. The number of esters is 3. The van der Waals surface area contributed by atoms with Crippen LogP contribution in [0, 0.1) is 0 Å². The first kappa shape index (κ1) is 57.9. The van der Waals surface area contributed by atoms with Crippen molar-refractivity contribution in [1.82, 2.24) is 0 Å². The molecule has 1 atom stereocenters. The van der Waals surface area contributed by atoms with Gasteiger partial charge in [0.1, 0.15) is 13.2 Å². The van der Waals surface area contributed by atoms with Crippen LogP contribution in [0.1, 0.15) is 284 Å². The Morgan fingerprint density at radius 3 is 0.933 bits per heavy atom. The molecule has 0 aliphatic rings. The van der Waals surface area contributed by atoms with E-state index in [1.807, 2.05) is 0 Å². The van der Waals surface area contributed by atoms with Gasteiger partial charge in [-0.05, 0) is 38.5 Å². The zero-order valence-corrected chi connectivity index (χ0v) is 40.2. The number of unbranched alkanes of at least 4 members (excludes halogenated alkanes) is 34. The maximum atomic E-state index is 12.8. The van der Waals surface area contributed by atoms with Crippen molar-refractivity contribution in [2.24, 2.45) is 0 Å².